The molecule has 0 saturated carbocycles. The molecular formula is C25H19N5O7. The van der Waals surface area contributed by atoms with Crippen LogP contribution in [0.15, 0.2) is 66.4 Å². The summed E-state index contributed by atoms with van der Waals surface area (Å²) in [5, 5.41) is 22.1. The van der Waals surface area contributed by atoms with Gasteiger partial charge in [-0.3, -0.25) is 29.6 Å². The van der Waals surface area contributed by atoms with Gasteiger partial charge in [0.1, 0.15) is 11.8 Å². The van der Waals surface area contributed by atoms with Crippen molar-refractivity contribution in [1.29, 1.82) is 0 Å². The number of carbonyl (C=O) groups is 2. The second-order valence-corrected chi connectivity index (χ2v) is 8.01. The lowest BCUT2D eigenvalue weighted by Crippen LogP contribution is -2.30. The van der Waals surface area contributed by atoms with E-state index in [1.165, 1.54) is 44.7 Å². The third-order valence-electron chi connectivity index (χ3n) is 5.97. The van der Waals surface area contributed by atoms with Gasteiger partial charge in [-0.2, -0.15) is 0 Å². The van der Waals surface area contributed by atoms with Gasteiger partial charge in [-0.15, -0.1) is 0 Å². The first kappa shape index (κ1) is 23.5. The number of Topliss-reactive ketones (excluding diaryl/α,β-unsaturated/α-hetero) is 1. The van der Waals surface area contributed by atoms with Crippen LogP contribution in [0.5, 0.6) is 11.5 Å². The fourth-order valence-corrected chi connectivity index (χ4v) is 4.20. The summed E-state index contributed by atoms with van der Waals surface area (Å²) in [7, 11) is 2.97. The smallest absolute Gasteiger partial charge is 0.302 e. The van der Waals surface area contributed by atoms with Crippen LogP contribution in [0, 0.1) is 10.1 Å². The lowest BCUT2D eigenvalue weighted by Gasteiger charge is -2.22. The molecule has 1 saturated heterocycles. The normalized spacial score (nSPS) is 16.8. The number of hydrogen-bond acceptors (Lipinski definition) is 9. The predicted molar refractivity (Wildman–Crippen MR) is 131 cm³/mol. The molecule has 2 aromatic carbocycles. The fourth-order valence-electron chi connectivity index (χ4n) is 4.20. The first-order chi connectivity index (χ1) is 17.8. The number of amides is 1. The van der Waals surface area contributed by atoms with Crippen molar-refractivity contribution in [3.8, 4) is 11.5 Å². The molecule has 3 heterocycles. The predicted octanol–water partition coefficient (Wildman–Crippen LogP) is 3.51. The minimum absolute atomic E-state index is 0.0470. The minimum atomic E-state index is -1.12. The summed E-state index contributed by atoms with van der Waals surface area (Å²) in [6.45, 7) is 0. The summed E-state index contributed by atoms with van der Waals surface area (Å²) in [5.41, 5.74) is 0.985. The molecule has 2 aromatic heterocycles. The second-order valence-electron chi connectivity index (χ2n) is 8.01. The van der Waals surface area contributed by atoms with Crippen LogP contribution in [0.4, 0.5) is 11.6 Å². The molecular weight excluding hydrogens is 482 g/mol. The molecule has 0 radical (unpaired) electrons. The van der Waals surface area contributed by atoms with E-state index in [1.54, 1.807) is 30.3 Å². The number of aliphatic hydroxyl groups is 1. The number of nitro groups is 1. The Morgan fingerprint density at radius 3 is 2.41 bits per heavy atom. The number of aromatic amines is 1. The summed E-state index contributed by atoms with van der Waals surface area (Å²) in [6.07, 6.45) is 1.50. The van der Waals surface area contributed by atoms with Crippen molar-refractivity contribution in [2.75, 3.05) is 19.1 Å². The number of non-ortho nitro benzene ring substituents is 1. The van der Waals surface area contributed by atoms with Crippen LogP contribution >= 0.6 is 0 Å². The number of aromatic nitrogens is 3. The van der Waals surface area contributed by atoms with E-state index in [-0.39, 0.29) is 22.8 Å². The number of ketones is 1. The van der Waals surface area contributed by atoms with Crippen molar-refractivity contribution < 1.29 is 29.1 Å². The van der Waals surface area contributed by atoms with Crippen LogP contribution in [-0.4, -0.2) is 50.9 Å². The Hall–Kier alpha value is -5.26. The Morgan fingerprint density at radius 1 is 1.08 bits per heavy atom. The number of methoxy groups -OCH3 is 2. The zero-order valence-corrected chi connectivity index (χ0v) is 19.5. The molecule has 1 atom stereocenters. The highest BCUT2D eigenvalue weighted by atomic mass is 16.6. The Morgan fingerprint density at radius 2 is 1.78 bits per heavy atom. The highest BCUT2D eigenvalue weighted by Gasteiger charge is 2.49. The number of aliphatic hydroxyl groups excluding tert-OH is 1. The first-order valence-electron chi connectivity index (χ1n) is 10.9. The summed E-state index contributed by atoms with van der Waals surface area (Å²) in [4.78, 5) is 50.0. The number of nitrogens with zero attached hydrogens (tertiary/aromatic N) is 4. The number of pyridine rings is 1. The average molecular weight is 501 g/mol. The fraction of sp³-hybridized carbons (Fsp3) is 0.120. The highest BCUT2D eigenvalue weighted by molar-refractivity contribution is 6.51. The average Bonchev–Trinajstić information content (AvgIpc) is 3.45. The van der Waals surface area contributed by atoms with E-state index in [4.69, 9.17) is 9.47 Å². The Balaban J connectivity index is 1.69. The summed E-state index contributed by atoms with van der Waals surface area (Å²) >= 11 is 0. The number of H-pyrrole nitrogens is 1. The largest absolute Gasteiger partial charge is 0.507 e. The number of nitro benzene ring substituents is 1. The van der Waals surface area contributed by atoms with Gasteiger partial charge in [0, 0.05) is 36.0 Å². The minimum Gasteiger partial charge on any atom is -0.507 e. The van der Waals surface area contributed by atoms with Crippen LogP contribution in [0.2, 0.25) is 0 Å². The van der Waals surface area contributed by atoms with Gasteiger partial charge in [-0.1, -0.05) is 6.07 Å². The molecule has 1 aliphatic rings. The molecule has 186 valence electrons. The number of carbonyl (C=O) groups excluding carboxylic acids is 2. The zero-order chi connectivity index (χ0) is 26.3. The second kappa shape index (κ2) is 9.07. The van der Waals surface area contributed by atoms with Crippen molar-refractivity contribution in [1.82, 2.24) is 15.0 Å². The van der Waals surface area contributed by atoms with Gasteiger partial charge in [-0.25, -0.2) is 4.98 Å². The van der Waals surface area contributed by atoms with Crippen LogP contribution in [-0.2, 0) is 9.59 Å². The number of hydrogen-bond donors (Lipinski definition) is 2. The van der Waals surface area contributed by atoms with Crippen molar-refractivity contribution in [3.05, 3.63) is 87.7 Å². The molecule has 1 amide bonds. The van der Waals surface area contributed by atoms with Crippen molar-refractivity contribution >= 4 is 40.1 Å². The van der Waals surface area contributed by atoms with E-state index in [0.29, 0.717) is 28.2 Å². The molecule has 1 fully saturated rings. The summed E-state index contributed by atoms with van der Waals surface area (Å²) in [6, 6.07) is 12.1. The van der Waals surface area contributed by atoms with Gasteiger partial charge < -0.3 is 19.6 Å². The monoisotopic (exact) mass is 501 g/mol. The Kier molecular flexibility index (Phi) is 5.76. The topological polar surface area (TPSA) is 161 Å². The molecule has 0 spiro atoms. The molecule has 4 aromatic rings. The van der Waals surface area contributed by atoms with E-state index in [1.807, 2.05) is 0 Å². The number of fused-ring (bicyclic) bond motifs is 1. The lowest BCUT2D eigenvalue weighted by atomic mass is 9.98. The van der Waals surface area contributed by atoms with Crippen LogP contribution < -0.4 is 14.4 Å². The SMILES string of the molecule is COc1cc2nc(N3C(=O)C(=O)/C(=C(/O)c4ccc([N+](=O)[O-])cc4)C3c3ccccn3)[nH]c2cc1OC. The third-order valence-corrected chi connectivity index (χ3v) is 5.97. The molecule has 0 aliphatic carbocycles. The van der Waals surface area contributed by atoms with Crippen molar-refractivity contribution in [2.24, 2.45) is 0 Å². The number of rotatable bonds is 6. The molecule has 12 nitrogen and oxygen atoms in total. The molecule has 12 heteroatoms. The maximum absolute atomic E-state index is 13.3. The molecule has 2 N–H and O–H groups in total. The van der Waals surface area contributed by atoms with Gasteiger partial charge in [0.25, 0.3) is 11.5 Å². The molecule has 37 heavy (non-hydrogen) atoms. The zero-order valence-electron chi connectivity index (χ0n) is 19.5. The standard InChI is InChI=1S/C25H19N5O7/c1-36-18-11-16-17(12-19(18)37-2)28-25(27-16)29-21(15-5-3-4-10-26-15)20(23(32)24(29)33)22(31)13-6-8-14(9-7-13)30(34)35/h3-12,21,31H,1-2H3,(H,27,28)/b22-20+. The number of anilines is 1. The van der Waals surface area contributed by atoms with E-state index < -0.39 is 28.4 Å². The number of nitrogens with one attached hydrogen (secondary N) is 1. The Bertz CT molecular complexity index is 1540. The van der Waals surface area contributed by atoms with Crippen LogP contribution in [0.3, 0.4) is 0 Å². The Labute approximate surface area is 208 Å². The van der Waals surface area contributed by atoms with Gasteiger partial charge in [0.2, 0.25) is 5.95 Å². The maximum atomic E-state index is 13.3. The van der Waals surface area contributed by atoms with E-state index in [9.17, 15) is 24.8 Å². The quantitative estimate of drug-likeness (QED) is 0.132. The van der Waals surface area contributed by atoms with Gasteiger partial charge >= 0.3 is 5.91 Å². The molecule has 0 bridgehead atoms. The van der Waals surface area contributed by atoms with Crippen LogP contribution in [0.1, 0.15) is 17.3 Å². The highest BCUT2D eigenvalue weighted by Crippen LogP contribution is 2.42. The van der Waals surface area contributed by atoms with Gasteiger partial charge in [0.05, 0.1) is 41.4 Å². The third kappa shape index (κ3) is 3.89. The van der Waals surface area contributed by atoms with Crippen LogP contribution in [0.25, 0.3) is 16.8 Å². The van der Waals surface area contributed by atoms with E-state index in [0.717, 1.165) is 4.90 Å². The maximum Gasteiger partial charge on any atom is 0.302 e. The molecule has 5 rings (SSSR count). The van der Waals surface area contributed by atoms with E-state index in [2.05, 4.69) is 15.0 Å². The van der Waals surface area contributed by atoms with Crippen molar-refractivity contribution in [2.45, 2.75) is 6.04 Å². The van der Waals surface area contributed by atoms with Crippen molar-refractivity contribution in [3.63, 3.8) is 0 Å². The first-order valence-corrected chi connectivity index (χ1v) is 10.9. The molecule has 1 aliphatic heterocycles. The number of imidazole rings is 1. The summed E-state index contributed by atoms with van der Waals surface area (Å²) in [5.74, 6) is -1.47. The lowest BCUT2D eigenvalue weighted by molar-refractivity contribution is -0.384. The van der Waals surface area contributed by atoms with E-state index >= 15 is 0 Å². The van der Waals surface area contributed by atoms with Gasteiger partial charge in [-0.05, 0) is 24.3 Å². The number of ether oxygens (including phenoxy) is 2. The number of benzene rings is 2. The molecule has 1 unspecified atom stereocenters. The summed E-state index contributed by atoms with van der Waals surface area (Å²) < 4.78 is 10.7. The van der Waals surface area contributed by atoms with Gasteiger partial charge in [0.15, 0.2) is 11.5 Å².